The Morgan fingerprint density at radius 2 is 1.58 bits per heavy atom. The zero-order chi connectivity index (χ0) is 16.2. The number of morpholine rings is 1. The Labute approximate surface area is 142 Å². The molecule has 24 heavy (non-hydrogen) atoms. The summed E-state index contributed by atoms with van der Waals surface area (Å²) in [6, 6.07) is 8.53. The molecule has 2 saturated heterocycles. The van der Waals surface area contributed by atoms with Gasteiger partial charge in [-0.3, -0.25) is 0 Å². The molecular weight excluding hydrogens is 302 g/mol. The van der Waals surface area contributed by atoms with Crippen LogP contribution < -0.4 is 15.1 Å². The van der Waals surface area contributed by atoms with Gasteiger partial charge in [-0.05, 0) is 6.07 Å². The van der Waals surface area contributed by atoms with Crippen LogP contribution in [-0.2, 0) is 4.74 Å². The molecule has 1 aromatic heterocycles. The molecular formula is C18H23N5O. The average molecular weight is 325 g/mol. The van der Waals surface area contributed by atoms with Gasteiger partial charge in [0.25, 0.3) is 0 Å². The van der Waals surface area contributed by atoms with Gasteiger partial charge in [0.15, 0.2) is 0 Å². The van der Waals surface area contributed by atoms with E-state index in [1.165, 1.54) is 11.3 Å². The van der Waals surface area contributed by atoms with Crippen molar-refractivity contribution in [2.24, 2.45) is 0 Å². The van der Waals surface area contributed by atoms with Crippen molar-refractivity contribution in [1.82, 2.24) is 15.3 Å². The second-order valence-electron chi connectivity index (χ2n) is 6.13. The Kier molecular flexibility index (Phi) is 4.57. The molecule has 0 spiro atoms. The van der Waals surface area contributed by atoms with Gasteiger partial charge in [-0.25, -0.2) is 9.97 Å². The van der Waals surface area contributed by atoms with Crippen LogP contribution in [0.3, 0.4) is 0 Å². The molecule has 2 aliphatic heterocycles. The fourth-order valence-electron chi connectivity index (χ4n) is 3.29. The normalized spacial score (nSPS) is 18.7. The van der Waals surface area contributed by atoms with Crippen LogP contribution in [0.4, 0.5) is 11.6 Å². The summed E-state index contributed by atoms with van der Waals surface area (Å²) in [4.78, 5) is 13.8. The van der Waals surface area contributed by atoms with Gasteiger partial charge in [-0.2, -0.15) is 0 Å². The quantitative estimate of drug-likeness (QED) is 0.920. The molecule has 0 radical (unpaired) electrons. The lowest BCUT2D eigenvalue weighted by molar-refractivity contribution is 0.122. The molecule has 0 bridgehead atoms. The number of hydrogen-bond donors (Lipinski definition) is 1. The predicted octanol–water partition coefficient (Wildman–Crippen LogP) is 1.39. The molecule has 2 aromatic rings. The van der Waals surface area contributed by atoms with E-state index in [2.05, 4.69) is 49.4 Å². The number of rotatable bonds is 3. The minimum absolute atomic E-state index is 0.747. The molecule has 1 N–H and O–H groups in total. The summed E-state index contributed by atoms with van der Waals surface area (Å²) in [5, 5.41) is 3.41. The summed E-state index contributed by atoms with van der Waals surface area (Å²) in [6.07, 6.45) is 3.89. The first kappa shape index (κ1) is 15.4. The van der Waals surface area contributed by atoms with Gasteiger partial charge in [-0.1, -0.05) is 18.2 Å². The predicted molar refractivity (Wildman–Crippen MR) is 95.6 cm³/mol. The van der Waals surface area contributed by atoms with E-state index in [-0.39, 0.29) is 0 Å². The Hall–Kier alpha value is -2.18. The summed E-state index contributed by atoms with van der Waals surface area (Å²) in [7, 11) is 0. The summed E-state index contributed by atoms with van der Waals surface area (Å²) in [5.41, 5.74) is 3.54. The van der Waals surface area contributed by atoms with Gasteiger partial charge in [0.05, 0.1) is 13.2 Å². The van der Waals surface area contributed by atoms with E-state index < -0.39 is 0 Å². The molecule has 3 heterocycles. The van der Waals surface area contributed by atoms with E-state index in [4.69, 9.17) is 4.74 Å². The van der Waals surface area contributed by atoms with Crippen LogP contribution in [0.15, 0.2) is 36.7 Å². The summed E-state index contributed by atoms with van der Waals surface area (Å²) < 4.78 is 5.39. The van der Waals surface area contributed by atoms with E-state index in [1.807, 2.05) is 12.4 Å². The van der Waals surface area contributed by atoms with Gasteiger partial charge < -0.3 is 19.9 Å². The molecule has 0 aliphatic carbocycles. The van der Waals surface area contributed by atoms with Gasteiger partial charge >= 0.3 is 0 Å². The highest BCUT2D eigenvalue weighted by Crippen LogP contribution is 2.30. The van der Waals surface area contributed by atoms with Gasteiger partial charge in [-0.15, -0.1) is 0 Å². The molecule has 0 saturated carbocycles. The van der Waals surface area contributed by atoms with Crippen molar-refractivity contribution in [3.63, 3.8) is 0 Å². The SMILES string of the molecule is c1ccc(N2CCNCC2)c(-c2cnc(N3CCOCC3)nc2)c1. The number of ether oxygens (including phenoxy) is 1. The van der Waals surface area contributed by atoms with E-state index >= 15 is 0 Å². The van der Waals surface area contributed by atoms with Gasteiger partial charge in [0.2, 0.25) is 5.95 Å². The molecule has 2 fully saturated rings. The highest BCUT2D eigenvalue weighted by atomic mass is 16.5. The zero-order valence-corrected chi connectivity index (χ0v) is 13.8. The second-order valence-corrected chi connectivity index (χ2v) is 6.13. The highest BCUT2D eigenvalue weighted by molar-refractivity contribution is 5.78. The van der Waals surface area contributed by atoms with Crippen LogP contribution in [0.25, 0.3) is 11.1 Å². The maximum atomic E-state index is 5.39. The van der Waals surface area contributed by atoms with E-state index in [0.717, 1.165) is 64.0 Å². The third-order valence-electron chi connectivity index (χ3n) is 4.60. The third kappa shape index (κ3) is 3.20. The molecule has 1 aromatic carbocycles. The summed E-state index contributed by atoms with van der Waals surface area (Å²) in [5.74, 6) is 0.793. The lowest BCUT2D eigenvalue weighted by Crippen LogP contribution is -2.43. The van der Waals surface area contributed by atoms with Gasteiger partial charge in [0.1, 0.15) is 0 Å². The second kappa shape index (κ2) is 7.15. The van der Waals surface area contributed by atoms with Crippen molar-refractivity contribution in [2.45, 2.75) is 0 Å². The molecule has 0 amide bonds. The fourth-order valence-corrected chi connectivity index (χ4v) is 3.29. The first-order chi connectivity index (χ1) is 11.9. The van der Waals surface area contributed by atoms with Gasteiger partial charge in [0, 0.05) is 68.5 Å². The van der Waals surface area contributed by atoms with Crippen molar-refractivity contribution >= 4 is 11.6 Å². The monoisotopic (exact) mass is 325 g/mol. The maximum absolute atomic E-state index is 5.39. The first-order valence-electron chi connectivity index (χ1n) is 8.61. The topological polar surface area (TPSA) is 53.5 Å². The average Bonchev–Trinajstić information content (AvgIpc) is 2.69. The number of nitrogens with one attached hydrogen (secondary N) is 1. The van der Waals surface area contributed by atoms with Crippen LogP contribution in [0, 0.1) is 0 Å². The minimum atomic E-state index is 0.747. The standard InChI is InChI=1S/C18H23N5O/c1-2-4-17(22-7-5-19-6-8-22)16(3-1)15-13-20-18(21-14-15)23-9-11-24-12-10-23/h1-4,13-14,19H,5-12H2. The summed E-state index contributed by atoms with van der Waals surface area (Å²) >= 11 is 0. The molecule has 126 valence electrons. The number of anilines is 2. The fraction of sp³-hybridized carbons (Fsp3) is 0.444. The Balaban J connectivity index is 1.59. The Bertz CT molecular complexity index is 663. The lowest BCUT2D eigenvalue weighted by atomic mass is 10.1. The van der Waals surface area contributed by atoms with E-state index in [9.17, 15) is 0 Å². The molecule has 6 nitrogen and oxygen atoms in total. The van der Waals surface area contributed by atoms with Crippen molar-refractivity contribution in [2.75, 3.05) is 62.3 Å². The highest BCUT2D eigenvalue weighted by Gasteiger charge is 2.17. The van der Waals surface area contributed by atoms with Crippen LogP contribution in [0.2, 0.25) is 0 Å². The molecule has 6 heteroatoms. The number of nitrogens with zero attached hydrogens (tertiary/aromatic N) is 4. The number of benzene rings is 1. The summed E-state index contributed by atoms with van der Waals surface area (Å²) in [6.45, 7) is 7.33. The number of hydrogen-bond acceptors (Lipinski definition) is 6. The number of para-hydroxylation sites is 1. The van der Waals surface area contributed by atoms with Crippen molar-refractivity contribution in [3.8, 4) is 11.1 Å². The Morgan fingerprint density at radius 1 is 0.875 bits per heavy atom. The molecule has 4 rings (SSSR count). The van der Waals surface area contributed by atoms with Crippen LogP contribution in [-0.4, -0.2) is 62.5 Å². The first-order valence-corrected chi connectivity index (χ1v) is 8.61. The van der Waals surface area contributed by atoms with E-state index in [1.54, 1.807) is 0 Å². The maximum Gasteiger partial charge on any atom is 0.225 e. The van der Waals surface area contributed by atoms with Crippen LogP contribution in [0.1, 0.15) is 0 Å². The lowest BCUT2D eigenvalue weighted by Gasteiger charge is -2.31. The number of piperazine rings is 1. The smallest absolute Gasteiger partial charge is 0.225 e. The Morgan fingerprint density at radius 3 is 2.33 bits per heavy atom. The van der Waals surface area contributed by atoms with E-state index in [0.29, 0.717) is 0 Å². The van der Waals surface area contributed by atoms with Crippen LogP contribution in [0.5, 0.6) is 0 Å². The zero-order valence-electron chi connectivity index (χ0n) is 13.8. The van der Waals surface area contributed by atoms with Crippen molar-refractivity contribution < 1.29 is 4.74 Å². The largest absolute Gasteiger partial charge is 0.378 e. The molecule has 0 atom stereocenters. The number of aromatic nitrogens is 2. The van der Waals surface area contributed by atoms with Crippen molar-refractivity contribution in [3.05, 3.63) is 36.7 Å². The molecule has 2 aliphatic rings. The molecule has 0 unspecified atom stereocenters. The third-order valence-corrected chi connectivity index (χ3v) is 4.60. The minimum Gasteiger partial charge on any atom is -0.378 e. The van der Waals surface area contributed by atoms with Crippen molar-refractivity contribution in [1.29, 1.82) is 0 Å². The van der Waals surface area contributed by atoms with Crippen LogP contribution >= 0.6 is 0 Å².